The van der Waals surface area contributed by atoms with Gasteiger partial charge in [-0.3, -0.25) is 0 Å². The quantitative estimate of drug-likeness (QED) is 0.340. The fourth-order valence-electron chi connectivity index (χ4n) is 4.54. The van der Waals surface area contributed by atoms with Crippen LogP contribution >= 0.6 is 0 Å². The summed E-state index contributed by atoms with van der Waals surface area (Å²) in [7, 11) is 0. The molecule has 154 valence electrons. The zero-order chi connectivity index (χ0) is 20.9. The second kappa shape index (κ2) is 8.65. The minimum absolute atomic E-state index is 0.0502. The molecule has 28 heavy (non-hydrogen) atoms. The van der Waals surface area contributed by atoms with E-state index in [1.54, 1.807) is 6.08 Å². The molecule has 2 amide bonds. The van der Waals surface area contributed by atoms with Crippen LogP contribution in [0.25, 0.3) is 0 Å². The molecule has 0 bridgehead atoms. The lowest BCUT2D eigenvalue weighted by Crippen LogP contribution is -2.47. The Labute approximate surface area is 166 Å². The molecule has 2 atom stereocenters. The topological polar surface area (TPSA) is 111 Å². The SMILES string of the molecule is Cc1cc(O)c(O)cc1CCNC(=O)NCC1(C)CC(N=C=O)CC(C)(C)C1. The second-order valence-corrected chi connectivity index (χ2v) is 9.06. The Kier molecular flexibility index (Phi) is 6.73. The first-order valence-electron chi connectivity index (χ1n) is 9.64. The molecule has 1 aromatic rings. The summed E-state index contributed by atoms with van der Waals surface area (Å²) in [4.78, 5) is 26.8. The predicted molar refractivity (Wildman–Crippen MR) is 107 cm³/mol. The average Bonchev–Trinajstić information content (AvgIpc) is 2.56. The molecule has 0 heterocycles. The van der Waals surface area contributed by atoms with E-state index in [-0.39, 0.29) is 34.4 Å². The highest BCUT2D eigenvalue weighted by molar-refractivity contribution is 5.73. The van der Waals surface area contributed by atoms with E-state index in [0.717, 1.165) is 30.4 Å². The Morgan fingerprint density at radius 2 is 1.89 bits per heavy atom. The highest BCUT2D eigenvalue weighted by atomic mass is 16.3. The number of aromatic hydroxyl groups is 2. The van der Waals surface area contributed by atoms with Gasteiger partial charge in [-0.25, -0.2) is 14.6 Å². The van der Waals surface area contributed by atoms with Gasteiger partial charge in [0.25, 0.3) is 0 Å². The summed E-state index contributed by atoms with van der Waals surface area (Å²) in [5.74, 6) is -0.307. The first kappa shape index (κ1) is 21.8. The summed E-state index contributed by atoms with van der Waals surface area (Å²) in [5.41, 5.74) is 1.64. The van der Waals surface area contributed by atoms with E-state index in [4.69, 9.17) is 0 Å². The number of aryl methyl sites for hydroxylation is 1. The molecule has 0 saturated heterocycles. The lowest BCUT2D eigenvalue weighted by molar-refractivity contribution is 0.0850. The molecule has 1 fully saturated rings. The second-order valence-electron chi connectivity index (χ2n) is 9.06. The number of nitrogens with zero attached hydrogens (tertiary/aromatic N) is 1. The molecular weight excluding hydrogens is 358 g/mol. The number of isocyanates is 1. The number of urea groups is 1. The minimum Gasteiger partial charge on any atom is -0.504 e. The van der Waals surface area contributed by atoms with Crippen molar-refractivity contribution in [3.05, 3.63) is 23.3 Å². The molecule has 1 aromatic carbocycles. The summed E-state index contributed by atoms with van der Waals surface area (Å²) in [6, 6.07) is 2.72. The van der Waals surface area contributed by atoms with Gasteiger partial charge in [-0.15, -0.1) is 0 Å². The number of hydrogen-bond donors (Lipinski definition) is 4. The summed E-state index contributed by atoms with van der Waals surface area (Å²) in [6.07, 6.45) is 4.76. The van der Waals surface area contributed by atoms with Gasteiger partial charge in [0.05, 0.1) is 6.04 Å². The van der Waals surface area contributed by atoms with Crippen LogP contribution in [-0.2, 0) is 11.2 Å². The van der Waals surface area contributed by atoms with Crippen molar-refractivity contribution in [3.63, 3.8) is 0 Å². The molecule has 7 heteroatoms. The molecule has 0 aliphatic heterocycles. The van der Waals surface area contributed by atoms with Crippen LogP contribution in [0.5, 0.6) is 11.5 Å². The van der Waals surface area contributed by atoms with E-state index in [1.165, 1.54) is 12.1 Å². The third-order valence-electron chi connectivity index (χ3n) is 5.45. The van der Waals surface area contributed by atoms with Crippen molar-refractivity contribution >= 4 is 12.1 Å². The first-order valence-corrected chi connectivity index (χ1v) is 9.64. The highest BCUT2D eigenvalue weighted by Crippen LogP contribution is 2.46. The zero-order valence-electron chi connectivity index (χ0n) is 17.1. The average molecular weight is 389 g/mol. The van der Waals surface area contributed by atoms with E-state index >= 15 is 0 Å². The highest BCUT2D eigenvalue weighted by Gasteiger charge is 2.41. The maximum Gasteiger partial charge on any atom is 0.314 e. The van der Waals surface area contributed by atoms with Gasteiger partial charge in [0, 0.05) is 13.1 Å². The van der Waals surface area contributed by atoms with Crippen LogP contribution in [-0.4, -0.2) is 41.5 Å². The van der Waals surface area contributed by atoms with Crippen LogP contribution < -0.4 is 10.6 Å². The van der Waals surface area contributed by atoms with Gasteiger partial charge in [-0.2, -0.15) is 0 Å². The lowest BCUT2D eigenvalue weighted by Gasteiger charge is -2.45. The normalized spacial score (nSPS) is 23.5. The smallest absolute Gasteiger partial charge is 0.314 e. The summed E-state index contributed by atoms with van der Waals surface area (Å²) in [5, 5.41) is 24.9. The summed E-state index contributed by atoms with van der Waals surface area (Å²) in [6.45, 7) is 9.20. The predicted octanol–water partition coefficient (Wildman–Crippen LogP) is 3.17. The Morgan fingerprint density at radius 3 is 2.57 bits per heavy atom. The van der Waals surface area contributed by atoms with Crippen LogP contribution in [0.3, 0.4) is 0 Å². The van der Waals surface area contributed by atoms with E-state index in [2.05, 4.69) is 36.4 Å². The Hall–Kier alpha value is -2.53. The van der Waals surface area contributed by atoms with E-state index in [0.29, 0.717) is 19.5 Å². The van der Waals surface area contributed by atoms with Crippen molar-refractivity contribution in [2.45, 2.75) is 59.4 Å². The molecule has 0 radical (unpaired) electrons. The van der Waals surface area contributed by atoms with Crippen LogP contribution in [0.1, 0.15) is 51.2 Å². The molecule has 1 aliphatic rings. The molecule has 1 aliphatic carbocycles. The van der Waals surface area contributed by atoms with Gasteiger partial charge in [-0.1, -0.05) is 20.8 Å². The van der Waals surface area contributed by atoms with Gasteiger partial charge in [0.1, 0.15) is 0 Å². The number of aliphatic imine (C=N–C) groups is 1. The number of hydrogen-bond acceptors (Lipinski definition) is 5. The molecule has 2 unspecified atom stereocenters. The van der Waals surface area contributed by atoms with Gasteiger partial charge in [0.2, 0.25) is 6.08 Å². The number of carbonyl (C=O) groups excluding carboxylic acids is 2. The molecule has 0 spiro atoms. The van der Waals surface area contributed by atoms with E-state index in [1.807, 2.05) is 6.92 Å². The number of amides is 2. The third kappa shape index (κ3) is 5.99. The van der Waals surface area contributed by atoms with Gasteiger partial charge in [-0.05, 0) is 66.7 Å². The maximum absolute atomic E-state index is 12.2. The van der Waals surface area contributed by atoms with Crippen molar-refractivity contribution < 1.29 is 19.8 Å². The number of phenols is 2. The number of rotatable bonds is 6. The Bertz CT molecular complexity index is 771. The standard InChI is InChI=1S/C21H31N3O4/c1-14-7-17(26)18(27)8-15(14)5-6-22-19(28)23-12-21(4)10-16(24-13-25)9-20(2,3)11-21/h7-8,16,26-27H,5-6,9-12H2,1-4H3,(H2,22,23,28). The zero-order valence-corrected chi connectivity index (χ0v) is 17.1. The number of nitrogens with one attached hydrogen (secondary N) is 2. The van der Waals surface area contributed by atoms with Gasteiger partial charge in [0.15, 0.2) is 11.5 Å². The molecule has 2 rings (SSSR count). The van der Waals surface area contributed by atoms with E-state index in [9.17, 15) is 19.8 Å². The van der Waals surface area contributed by atoms with Gasteiger partial charge >= 0.3 is 6.03 Å². The van der Waals surface area contributed by atoms with Crippen LogP contribution in [0.4, 0.5) is 4.79 Å². The van der Waals surface area contributed by atoms with Crippen LogP contribution in [0, 0.1) is 17.8 Å². The largest absolute Gasteiger partial charge is 0.504 e. The molecule has 1 saturated carbocycles. The van der Waals surface area contributed by atoms with Crippen molar-refractivity contribution in [3.8, 4) is 11.5 Å². The summed E-state index contributed by atoms with van der Waals surface area (Å²) < 4.78 is 0. The molecule has 4 N–H and O–H groups in total. The fraction of sp³-hybridized carbons (Fsp3) is 0.619. The Morgan fingerprint density at radius 1 is 1.21 bits per heavy atom. The van der Waals surface area contributed by atoms with Crippen molar-refractivity contribution in [1.82, 2.24) is 10.6 Å². The van der Waals surface area contributed by atoms with Crippen LogP contribution in [0.2, 0.25) is 0 Å². The van der Waals surface area contributed by atoms with Crippen molar-refractivity contribution in [2.75, 3.05) is 13.1 Å². The number of phenolic OH excluding ortho intramolecular Hbond substituents is 2. The van der Waals surface area contributed by atoms with E-state index < -0.39 is 0 Å². The third-order valence-corrected chi connectivity index (χ3v) is 5.45. The van der Waals surface area contributed by atoms with Crippen molar-refractivity contribution in [1.29, 1.82) is 0 Å². The molecule has 0 aromatic heterocycles. The van der Waals surface area contributed by atoms with Gasteiger partial charge < -0.3 is 20.8 Å². The van der Waals surface area contributed by atoms with Crippen molar-refractivity contribution in [2.24, 2.45) is 15.8 Å². The lowest BCUT2D eigenvalue weighted by atomic mass is 9.63. The maximum atomic E-state index is 12.2. The Balaban J connectivity index is 1.84. The minimum atomic E-state index is -0.249. The number of carbonyl (C=O) groups is 1. The first-order chi connectivity index (χ1) is 13.0. The fourth-order valence-corrected chi connectivity index (χ4v) is 4.54. The number of benzene rings is 1. The molecule has 7 nitrogen and oxygen atoms in total. The molecular formula is C21H31N3O4. The summed E-state index contributed by atoms with van der Waals surface area (Å²) >= 11 is 0. The monoisotopic (exact) mass is 389 g/mol. The van der Waals surface area contributed by atoms with Crippen LogP contribution in [0.15, 0.2) is 17.1 Å².